The van der Waals surface area contributed by atoms with Gasteiger partial charge in [-0.3, -0.25) is 4.79 Å². The molecule has 0 spiro atoms. The Kier molecular flexibility index (Phi) is 6.75. The molecular formula is C21H25ClN2O3S. The molecule has 1 aliphatic rings. The van der Waals surface area contributed by atoms with E-state index in [0.29, 0.717) is 10.7 Å². The minimum absolute atomic E-state index is 0.156. The standard InChI is InChI=1S/C21H25ClN2O3S/c1-16-14-17(22)12-13-20(16)23-21(25)15-24(18-8-4-2-5-9-18)28(26,27)19-10-6-3-7-11-19/h3,6-7,10-14,18H,2,4-5,8-9,15H2,1H3,(H,23,25). The highest BCUT2D eigenvalue weighted by molar-refractivity contribution is 7.89. The van der Waals surface area contributed by atoms with E-state index in [1.165, 1.54) is 4.31 Å². The number of anilines is 1. The molecule has 5 nitrogen and oxygen atoms in total. The van der Waals surface area contributed by atoms with Gasteiger partial charge in [0.2, 0.25) is 15.9 Å². The van der Waals surface area contributed by atoms with E-state index in [0.717, 1.165) is 37.7 Å². The predicted octanol–water partition coefficient (Wildman–Crippen LogP) is 4.61. The number of aryl methyl sites for hydroxylation is 1. The average Bonchev–Trinajstić information content (AvgIpc) is 2.69. The number of hydrogen-bond acceptors (Lipinski definition) is 3. The van der Waals surface area contributed by atoms with Crippen molar-refractivity contribution in [3.8, 4) is 0 Å². The zero-order chi connectivity index (χ0) is 20.1. The Morgan fingerprint density at radius 1 is 1.11 bits per heavy atom. The number of halogens is 1. The fourth-order valence-corrected chi connectivity index (χ4v) is 5.49. The molecule has 0 aromatic heterocycles. The molecule has 0 aliphatic heterocycles. The number of hydrogen-bond donors (Lipinski definition) is 1. The van der Waals surface area contributed by atoms with Gasteiger partial charge in [0.05, 0.1) is 11.4 Å². The van der Waals surface area contributed by atoms with Gasteiger partial charge in [0.25, 0.3) is 0 Å². The van der Waals surface area contributed by atoms with E-state index in [4.69, 9.17) is 11.6 Å². The van der Waals surface area contributed by atoms with E-state index in [1.807, 2.05) is 6.92 Å². The molecule has 7 heteroatoms. The molecule has 2 aromatic carbocycles. The lowest BCUT2D eigenvalue weighted by Crippen LogP contribution is -2.45. The van der Waals surface area contributed by atoms with Gasteiger partial charge in [-0.15, -0.1) is 0 Å². The number of carbonyl (C=O) groups excluding carboxylic acids is 1. The molecule has 2 aromatic rings. The average molecular weight is 421 g/mol. The zero-order valence-corrected chi connectivity index (χ0v) is 17.5. The van der Waals surface area contributed by atoms with Crippen LogP contribution in [0.4, 0.5) is 5.69 Å². The summed E-state index contributed by atoms with van der Waals surface area (Å²) in [6.07, 6.45) is 4.61. The number of benzene rings is 2. The molecule has 1 amide bonds. The Morgan fingerprint density at radius 3 is 2.43 bits per heavy atom. The van der Waals surface area contributed by atoms with E-state index in [2.05, 4.69) is 5.32 Å². The first-order valence-electron chi connectivity index (χ1n) is 9.51. The molecule has 150 valence electrons. The van der Waals surface area contributed by atoms with Crippen LogP contribution in [0.3, 0.4) is 0 Å². The van der Waals surface area contributed by atoms with Crippen molar-refractivity contribution in [3.05, 3.63) is 59.1 Å². The largest absolute Gasteiger partial charge is 0.325 e. The second kappa shape index (κ2) is 9.07. The lowest BCUT2D eigenvalue weighted by atomic mass is 9.95. The van der Waals surface area contributed by atoms with Crippen molar-refractivity contribution in [3.63, 3.8) is 0 Å². The van der Waals surface area contributed by atoms with Gasteiger partial charge in [-0.25, -0.2) is 8.42 Å². The summed E-state index contributed by atoms with van der Waals surface area (Å²) in [4.78, 5) is 12.9. The van der Waals surface area contributed by atoms with E-state index >= 15 is 0 Å². The lowest BCUT2D eigenvalue weighted by Gasteiger charge is -2.33. The van der Waals surface area contributed by atoms with E-state index in [9.17, 15) is 13.2 Å². The highest BCUT2D eigenvalue weighted by Gasteiger charge is 2.33. The molecule has 28 heavy (non-hydrogen) atoms. The van der Waals surface area contributed by atoms with Crippen LogP contribution in [0.25, 0.3) is 0 Å². The normalized spacial score (nSPS) is 15.5. The van der Waals surface area contributed by atoms with Crippen molar-refractivity contribution in [2.45, 2.75) is 50.0 Å². The SMILES string of the molecule is Cc1cc(Cl)ccc1NC(=O)CN(C1CCCCC1)S(=O)(=O)c1ccccc1. The number of sulfonamides is 1. The molecule has 1 saturated carbocycles. The van der Waals surface area contributed by atoms with Crippen LogP contribution in [0.2, 0.25) is 5.02 Å². The third-order valence-electron chi connectivity index (χ3n) is 5.09. The summed E-state index contributed by atoms with van der Waals surface area (Å²) in [7, 11) is -3.75. The molecule has 1 fully saturated rings. The van der Waals surface area contributed by atoms with Gasteiger partial charge < -0.3 is 5.32 Å². The van der Waals surface area contributed by atoms with Gasteiger partial charge in [0.1, 0.15) is 0 Å². The van der Waals surface area contributed by atoms with Crippen LogP contribution in [0.1, 0.15) is 37.7 Å². The Balaban J connectivity index is 1.83. The maximum Gasteiger partial charge on any atom is 0.243 e. The fourth-order valence-electron chi connectivity index (χ4n) is 3.61. The van der Waals surface area contributed by atoms with Crippen molar-refractivity contribution >= 4 is 33.2 Å². The molecule has 0 saturated heterocycles. The number of carbonyl (C=O) groups is 1. The molecule has 1 aliphatic carbocycles. The van der Waals surface area contributed by atoms with Crippen molar-refractivity contribution < 1.29 is 13.2 Å². The topological polar surface area (TPSA) is 66.5 Å². The highest BCUT2D eigenvalue weighted by atomic mass is 35.5. The summed E-state index contributed by atoms with van der Waals surface area (Å²) in [5.41, 5.74) is 1.46. The van der Waals surface area contributed by atoms with Gasteiger partial charge >= 0.3 is 0 Å². The summed E-state index contributed by atoms with van der Waals surface area (Å²) in [6, 6.07) is 13.4. The second-order valence-electron chi connectivity index (χ2n) is 7.16. The van der Waals surface area contributed by atoms with E-state index in [-0.39, 0.29) is 23.4 Å². The third kappa shape index (κ3) is 4.93. The van der Waals surface area contributed by atoms with E-state index in [1.54, 1.807) is 48.5 Å². The molecule has 0 bridgehead atoms. The molecule has 0 unspecified atom stereocenters. The summed E-state index contributed by atoms with van der Waals surface area (Å²) in [5.74, 6) is -0.351. The number of amides is 1. The van der Waals surface area contributed by atoms with Gasteiger partial charge in [0.15, 0.2) is 0 Å². The quantitative estimate of drug-likeness (QED) is 0.741. The van der Waals surface area contributed by atoms with Crippen LogP contribution in [-0.2, 0) is 14.8 Å². The van der Waals surface area contributed by atoms with Crippen molar-refractivity contribution in [1.82, 2.24) is 4.31 Å². The number of rotatable bonds is 6. The zero-order valence-electron chi connectivity index (χ0n) is 15.9. The third-order valence-corrected chi connectivity index (χ3v) is 7.24. The Hall–Kier alpha value is -1.89. The van der Waals surface area contributed by atoms with Crippen molar-refractivity contribution in [1.29, 1.82) is 0 Å². The van der Waals surface area contributed by atoms with Crippen LogP contribution in [-0.4, -0.2) is 31.2 Å². The summed E-state index contributed by atoms with van der Waals surface area (Å²) >= 11 is 5.97. The Morgan fingerprint density at radius 2 is 1.79 bits per heavy atom. The monoisotopic (exact) mass is 420 g/mol. The highest BCUT2D eigenvalue weighted by Crippen LogP contribution is 2.28. The van der Waals surface area contributed by atoms with Crippen LogP contribution in [0.15, 0.2) is 53.4 Å². The van der Waals surface area contributed by atoms with Gasteiger partial charge in [0, 0.05) is 16.8 Å². The Bertz CT molecular complexity index is 926. The van der Waals surface area contributed by atoms with Crippen molar-refractivity contribution in [2.75, 3.05) is 11.9 Å². The maximum absolute atomic E-state index is 13.3. The number of nitrogens with one attached hydrogen (secondary N) is 1. The van der Waals surface area contributed by atoms with Crippen LogP contribution >= 0.6 is 11.6 Å². The minimum Gasteiger partial charge on any atom is -0.325 e. The maximum atomic E-state index is 13.3. The van der Waals surface area contributed by atoms with Gasteiger partial charge in [-0.1, -0.05) is 49.1 Å². The second-order valence-corrected chi connectivity index (χ2v) is 9.49. The van der Waals surface area contributed by atoms with Gasteiger partial charge in [-0.2, -0.15) is 4.31 Å². The van der Waals surface area contributed by atoms with Crippen LogP contribution in [0.5, 0.6) is 0 Å². The lowest BCUT2D eigenvalue weighted by molar-refractivity contribution is -0.116. The Labute approximate surface area is 171 Å². The van der Waals surface area contributed by atoms with E-state index < -0.39 is 10.0 Å². The van der Waals surface area contributed by atoms with Crippen LogP contribution < -0.4 is 5.32 Å². The fraction of sp³-hybridized carbons (Fsp3) is 0.381. The first kappa shape index (κ1) is 20.8. The molecule has 3 rings (SSSR count). The molecule has 0 radical (unpaired) electrons. The first-order valence-corrected chi connectivity index (χ1v) is 11.3. The summed E-state index contributed by atoms with van der Waals surface area (Å²) < 4.78 is 27.9. The molecular weight excluding hydrogens is 396 g/mol. The summed E-state index contributed by atoms with van der Waals surface area (Å²) in [6.45, 7) is 1.64. The summed E-state index contributed by atoms with van der Waals surface area (Å²) in [5, 5.41) is 3.42. The van der Waals surface area contributed by atoms with Crippen LogP contribution in [0, 0.1) is 6.92 Å². The minimum atomic E-state index is -3.75. The molecule has 1 N–H and O–H groups in total. The predicted molar refractivity (Wildman–Crippen MR) is 112 cm³/mol. The molecule has 0 heterocycles. The first-order chi connectivity index (χ1) is 13.4. The van der Waals surface area contributed by atoms with Crippen molar-refractivity contribution in [2.24, 2.45) is 0 Å². The number of nitrogens with zero attached hydrogens (tertiary/aromatic N) is 1. The van der Waals surface area contributed by atoms with Gasteiger partial charge in [-0.05, 0) is 55.7 Å². The molecule has 0 atom stereocenters. The smallest absolute Gasteiger partial charge is 0.243 e.